The highest BCUT2D eigenvalue weighted by molar-refractivity contribution is 9.10. The van der Waals surface area contributed by atoms with Crippen LogP contribution in [0.25, 0.3) is 5.57 Å². The number of methoxy groups -OCH3 is 1. The van der Waals surface area contributed by atoms with Crippen molar-refractivity contribution in [3.8, 4) is 0 Å². The van der Waals surface area contributed by atoms with Crippen LogP contribution in [0.15, 0.2) is 47.0 Å². The van der Waals surface area contributed by atoms with Gasteiger partial charge in [-0.15, -0.1) is 0 Å². The Morgan fingerprint density at radius 1 is 1.22 bits per heavy atom. The second-order valence-electron chi connectivity index (χ2n) is 3.55. The molecule has 0 aliphatic carbocycles. The van der Waals surface area contributed by atoms with Gasteiger partial charge in [-0.25, -0.2) is 4.79 Å². The number of rotatable bonds is 4. The third kappa shape index (κ3) is 4.30. The van der Waals surface area contributed by atoms with Crippen molar-refractivity contribution in [3.05, 3.63) is 52.5 Å². The summed E-state index contributed by atoms with van der Waals surface area (Å²) in [6.45, 7) is 1.45. The Morgan fingerprint density at radius 2 is 1.83 bits per heavy atom. The summed E-state index contributed by atoms with van der Waals surface area (Å²) in [7, 11) is 1.32. The van der Waals surface area contributed by atoms with E-state index in [4.69, 9.17) is 4.74 Å². The van der Waals surface area contributed by atoms with E-state index in [1.54, 1.807) is 18.2 Å². The maximum absolute atomic E-state index is 11.7. The van der Waals surface area contributed by atoms with E-state index in [-0.39, 0.29) is 5.78 Å². The van der Waals surface area contributed by atoms with Gasteiger partial charge in [-0.3, -0.25) is 4.79 Å². The number of hydrogen-bond acceptors (Lipinski definition) is 3. The van der Waals surface area contributed by atoms with Gasteiger partial charge in [0.25, 0.3) is 0 Å². The second kappa shape index (κ2) is 6.91. The molecule has 1 aromatic carbocycles. The maximum atomic E-state index is 11.7. The molecule has 0 spiro atoms. The number of carbonyl (C=O) groups excluding carboxylic acids is 2. The molecule has 94 valence electrons. The molecule has 0 saturated carbocycles. The summed E-state index contributed by atoms with van der Waals surface area (Å²) in [5, 5.41) is 0. The quantitative estimate of drug-likeness (QED) is 0.487. The van der Waals surface area contributed by atoms with E-state index in [0.29, 0.717) is 5.57 Å². The Kier molecular flexibility index (Phi) is 5.52. The van der Waals surface area contributed by atoms with E-state index in [9.17, 15) is 9.59 Å². The van der Waals surface area contributed by atoms with Gasteiger partial charge in [-0.05, 0) is 36.8 Å². The molecule has 1 aromatic rings. The van der Waals surface area contributed by atoms with E-state index in [0.717, 1.165) is 10.0 Å². The molecule has 0 radical (unpaired) electrons. The van der Waals surface area contributed by atoms with Gasteiger partial charge in [0.15, 0.2) is 5.78 Å². The van der Waals surface area contributed by atoms with Crippen molar-refractivity contribution in [2.75, 3.05) is 7.11 Å². The average molecular weight is 309 g/mol. The molecular weight excluding hydrogens is 296 g/mol. The SMILES string of the molecule is COC(=O)/C(=C\C=C/C(C)=O)c1ccc(Br)cc1. The number of ketones is 1. The fourth-order valence-corrected chi connectivity index (χ4v) is 1.57. The zero-order valence-electron chi connectivity index (χ0n) is 10.1. The van der Waals surface area contributed by atoms with E-state index >= 15 is 0 Å². The number of allylic oxidation sites excluding steroid dienone is 3. The lowest BCUT2D eigenvalue weighted by molar-refractivity contribution is -0.133. The molecule has 4 heteroatoms. The first kappa shape index (κ1) is 14.4. The second-order valence-corrected chi connectivity index (χ2v) is 4.46. The smallest absolute Gasteiger partial charge is 0.338 e. The van der Waals surface area contributed by atoms with Crippen LogP contribution in [0, 0.1) is 0 Å². The lowest BCUT2D eigenvalue weighted by Crippen LogP contribution is -2.03. The number of ether oxygens (including phenoxy) is 1. The summed E-state index contributed by atoms with van der Waals surface area (Å²) in [4.78, 5) is 22.5. The highest BCUT2D eigenvalue weighted by atomic mass is 79.9. The normalized spacial score (nSPS) is 11.6. The molecule has 3 nitrogen and oxygen atoms in total. The number of esters is 1. The third-order valence-electron chi connectivity index (χ3n) is 2.15. The zero-order chi connectivity index (χ0) is 13.5. The number of halogens is 1. The first-order valence-electron chi connectivity index (χ1n) is 5.27. The van der Waals surface area contributed by atoms with Gasteiger partial charge in [-0.1, -0.05) is 34.1 Å². The van der Waals surface area contributed by atoms with Crippen molar-refractivity contribution >= 4 is 33.3 Å². The number of carbonyl (C=O) groups is 2. The summed E-state index contributed by atoms with van der Waals surface area (Å²) in [6.07, 6.45) is 4.49. The van der Waals surface area contributed by atoms with Gasteiger partial charge < -0.3 is 4.74 Å². The Morgan fingerprint density at radius 3 is 2.33 bits per heavy atom. The molecule has 0 saturated heterocycles. The monoisotopic (exact) mass is 308 g/mol. The summed E-state index contributed by atoms with van der Waals surface area (Å²) >= 11 is 3.33. The van der Waals surface area contributed by atoms with Crippen molar-refractivity contribution < 1.29 is 14.3 Å². The minimum absolute atomic E-state index is 0.0775. The Labute approximate surface area is 114 Å². The molecule has 18 heavy (non-hydrogen) atoms. The summed E-state index contributed by atoms with van der Waals surface area (Å²) < 4.78 is 5.64. The zero-order valence-corrected chi connectivity index (χ0v) is 11.7. The molecule has 0 heterocycles. The van der Waals surface area contributed by atoms with E-state index in [1.807, 2.05) is 12.1 Å². The van der Waals surface area contributed by atoms with E-state index < -0.39 is 5.97 Å². The third-order valence-corrected chi connectivity index (χ3v) is 2.68. The summed E-state index contributed by atoms with van der Waals surface area (Å²) in [5.41, 5.74) is 1.14. The highest BCUT2D eigenvalue weighted by Crippen LogP contribution is 2.19. The molecule has 0 aliphatic heterocycles. The summed E-state index contributed by atoms with van der Waals surface area (Å²) in [6, 6.07) is 7.27. The standard InChI is InChI=1S/C14H13BrO3/c1-10(16)4-3-5-13(14(17)18-2)11-6-8-12(15)9-7-11/h3-9H,1-2H3/b4-3-,13-5-. The van der Waals surface area contributed by atoms with E-state index in [2.05, 4.69) is 15.9 Å². The Bertz CT molecular complexity index is 498. The highest BCUT2D eigenvalue weighted by Gasteiger charge is 2.10. The molecule has 0 aliphatic rings. The van der Waals surface area contributed by atoms with Gasteiger partial charge in [0.2, 0.25) is 0 Å². The first-order chi connectivity index (χ1) is 8.54. The minimum atomic E-state index is -0.439. The lowest BCUT2D eigenvalue weighted by atomic mass is 10.1. The van der Waals surface area contributed by atoms with Gasteiger partial charge in [0, 0.05) is 4.47 Å². The first-order valence-corrected chi connectivity index (χ1v) is 6.07. The van der Waals surface area contributed by atoms with Crippen LogP contribution in [0.2, 0.25) is 0 Å². The van der Waals surface area contributed by atoms with Crippen LogP contribution in [-0.2, 0) is 14.3 Å². The predicted octanol–water partition coefficient (Wildman–Crippen LogP) is 3.15. The Balaban J connectivity index is 3.09. The molecule has 0 atom stereocenters. The average Bonchev–Trinajstić information content (AvgIpc) is 2.35. The topological polar surface area (TPSA) is 43.4 Å². The van der Waals surface area contributed by atoms with Gasteiger partial charge in [-0.2, -0.15) is 0 Å². The molecule has 0 bridgehead atoms. The maximum Gasteiger partial charge on any atom is 0.338 e. The van der Waals surface area contributed by atoms with Gasteiger partial charge in [0.05, 0.1) is 12.7 Å². The van der Waals surface area contributed by atoms with Gasteiger partial charge >= 0.3 is 5.97 Å². The fourth-order valence-electron chi connectivity index (χ4n) is 1.30. The predicted molar refractivity (Wildman–Crippen MR) is 74.0 cm³/mol. The van der Waals surface area contributed by atoms with Crippen LogP contribution < -0.4 is 0 Å². The molecular formula is C14H13BrO3. The van der Waals surface area contributed by atoms with Crippen LogP contribution in [0.3, 0.4) is 0 Å². The minimum Gasteiger partial charge on any atom is -0.465 e. The van der Waals surface area contributed by atoms with Crippen molar-refractivity contribution in [3.63, 3.8) is 0 Å². The molecule has 0 fully saturated rings. The van der Waals surface area contributed by atoms with Crippen molar-refractivity contribution in [2.24, 2.45) is 0 Å². The number of benzene rings is 1. The van der Waals surface area contributed by atoms with Crippen LogP contribution in [0.4, 0.5) is 0 Å². The molecule has 0 amide bonds. The van der Waals surface area contributed by atoms with Crippen LogP contribution in [0.5, 0.6) is 0 Å². The van der Waals surface area contributed by atoms with Crippen molar-refractivity contribution in [2.45, 2.75) is 6.92 Å². The van der Waals surface area contributed by atoms with Crippen LogP contribution >= 0.6 is 15.9 Å². The molecule has 1 rings (SSSR count). The Hall–Kier alpha value is -1.68. The van der Waals surface area contributed by atoms with Crippen LogP contribution in [-0.4, -0.2) is 18.9 Å². The van der Waals surface area contributed by atoms with E-state index in [1.165, 1.54) is 26.2 Å². The largest absolute Gasteiger partial charge is 0.465 e. The number of hydrogen-bond donors (Lipinski definition) is 0. The fraction of sp³-hybridized carbons (Fsp3) is 0.143. The van der Waals surface area contributed by atoms with Crippen LogP contribution in [0.1, 0.15) is 12.5 Å². The lowest BCUT2D eigenvalue weighted by Gasteiger charge is -2.04. The van der Waals surface area contributed by atoms with Crippen molar-refractivity contribution in [1.29, 1.82) is 0 Å². The molecule has 0 N–H and O–H groups in total. The molecule has 0 aromatic heterocycles. The summed E-state index contributed by atoms with van der Waals surface area (Å²) in [5.74, 6) is -0.517. The van der Waals surface area contributed by atoms with Crippen molar-refractivity contribution in [1.82, 2.24) is 0 Å². The van der Waals surface area contributed by atoms with Gasteiger partial charge in [0.1, 0.15) is 0 Å². The molecule has 0 unspecified atom stereocenters.